The third-order valence-corrected chi connectivity index (χ3v) is 3.51. The number of imidazole rings is 1. The smallest absolute Gasteiger partial charge is 0.339 e. The summed E-state index contributed by atoms with van der Waals surface area (Å²) in [5.41, 5.74) is 1.13. The molecule has 0 atom stereocenters. The summed E-state index contributed by atoms with van der Waals surface area (Å²) >= 11 is 0. The van der Waals surface area contributed by atoms with E-state index in [0.717, 1.165) is 18.5 Å². The number of fused-ring (bicyclic) bond motifs is 1. The van der Waals surface area contributed by atoms with Crippen LogP contribution in [0.25, 0.3) is 5.65 Å². The lowest BCUT2D eigenvalue weighted by Gasteiger charge is -2.08. The second kappa shape index (κ2) is 3.96. The number of carbonyl (C=O) groups excluding carboxylic acids is 1. The van der Waals surface area contributed by atoms with E-state index in [0.29, 0.717) is 5.65 Å². The number of esters is 1. The third kappa shape index (κ3) is 1.76. The molecule has 6 nitrogen and oxygen atoms in total. The number of hydrogen-bond donors (Lipinski definition) is 1. The van der Waals surface area contributed by atoms with Gasteiger partial charge in [0, 0.05) is 19.5 Å². The highest BCUT2D eigenvalue weighted by molar-refractivity contribution is 5.90. The monoisotopic (exact) mass is 262 g/mol. The van der Waals surface area contributed by atoms with Crippen molar-refractivity contribution in [2.75, 3.05) is 14.2 Å². The Balaban J connectivity index is 2.12. The van der Waals surface area contributed by atoms with Crippen LogP contribution < -0.4 is 0 Å². The largest absolute Gasteiger partial charge is 0.504 e. The molecule has 100 valence electrons. The molecule has 0 bridgehead atoms. The maximum Gasteiger partial charge on any atom is 0.339 e. The van der Waals surface area contributed by atoms with Crippen molar-refractivity contribution in [1.29, 1.82) is 0 Å². The van der Waals surface area contributed by atoms with E-state index in [1.54, 1.807) is 23.9 Å². The lowest BCUT2D eigenvalue weighted by molar-refractivity contribution is 0.0599. The van der Waals surface area contributed by atoms with Gasteiger partial charge in [0.2, 0.25) is 0 Å². The van der Waals surface area contributed by atoms with Gasteiger partial charge in [-0.1, -0.05) is 0 Å². The summed E-state index contributed by atoms with van der Waals surface area (Å²) in [5, 5.41) is 9.94. The van der Waals surface area contributed by atoms with Crippen LogP contribution in [0.1, 0.15) is 28.9 Å². The lowest BCUT2D eigenvalue weighted by Crippen LogP contribution is -2.08. The second-order valence-electron chi connectivity index (χ2n) is 4.66. The number of pyridine rings is 1. The first kappa shape index (κ1) is 12.0. The quantitative estimate of drug-likeness (QED) is 0.848. The van der Waals surface area contributed by atoms with Crippen molar-refractivity contribution in [3.05, 3.63) is 29.7 Å². The van der Waals surface area contributed by atoms with Crippen molar-refractivity contribution in [2.45, 2.75) is 18.4 Å². The van der Waals surface area contributed by atoms with Gasteiger partial charge in [-0.3, -0.25) is 0 Å². The van der Waals surface area contributed by atoms with E-state index in [1.807, 2.05) is 0 Å². The molecule has 0 radical (unpaired) electrons. The van der Waals surface area contributed by atoms with Crippen LogP contribution in [0.5, 0.6) is 5.75 Å². The molecule has 0 amide bonds. The van der Waals surface area contributed by atoms with Crippen LogP contribution in [0.4, 0.5) is 0 Å². The fourth-order valence-electron chi connectivity index (χ4n) is 2.21. The minimum absolute atomic E-state index is 0.0546. The summed E-state index contributed by atoms with van der Waals surface area (Å²) in [4.78, 5) is 15.9. The number of aromatic nitrogens is 2. The van der Waals surface area contributed by atoms with Crippen LogP contribution in [-0.2, 0) is 15.1 Å². The van der Waals surface area contributed by atoms with E-state index in [-0.39, 0.29) is 16.9 Å². The molecule has 0 unspecified atom stereocenters. The van der Waals surface area contributed by atoms with Gasteiger partial charge >= 0.3 is 5.97 Å². The summed E-state index contributed by atoms with van der Waals surface area (Å²) in [6.07, 6.45) is 5.19. The molecule has 0 spiro atoms. The van der Waals surface area contributed by atoms with Gasteiger partial charge in [0.15, 0.2) is 11.4 Å². The topological polar surface area (TPSA) is 73.1 Å². The average molecular weight is 262 g/mol. The fourth-order valence-corrected chi connectivity index (χ4v) is 2.21. The Hall–Kier alpha value is -2.08. The molecule has 1 N–H and O–H groups in total. The summed E-state index contributed by atoms with van der Waals surface area (Å²) in [6.45, 7) is 0. The first-order valence-corrected chi connectivity index (χ1v) is 5.95. The Bertz CT molecular complexity index is 658. The maximum atomic E-state index is 11.5. The van der Waals surface area contributed by atoms with E-state index >= 15 is 0 Å². The highest BCUT2D eigenvalue weighted by Gasteiger charge is 2.47. The van der Waals surface area contributed by atoms with Crippen LogP contribution in [-0.4, -0.2) is 34.7 Å². The first-order chi connectivity index (χ1) is 9.09. The normalized spacial score (nSPS) is 16.5. The molecular weight excluding hydrogens is 248 g/mol. The van der Waals surface area contributed by atoms with E-state index in [2.05, 4.69) is 9.72 Å². The molecule has 3 rings (SSSR count). The zero-order chi connectivity index (χ0) is 13.6. The van der Waals surface area contributed by atoms with Crippen LogP contribution in [0.3, 0.4) is 0 Å². The number of hydrogen-bond acceptors (Lipinski definition) is 5. The molecule has 2 aromatic rings. The zero-order valence-electron chi connectivity index (χ0n) is 10.7. The minimum Gasteiger partial charge on any atom is -0.504 e. The minimum atomic E-state index is -0.500. The van der Waals surface area contributed by atoms with Gasteiger partial charge in [-0.05, 0) is 18.9 Å². The van der Waals surface area contributed by atoms with Gasteiger partial charge in [-0.2, -0.15) is 0 Å². The molecule has 0 aromatic carbocycles. The number of carbonyl (C=O) groups is 1. The summed E-state index contributed by atoms with van der Waals surface area (Å²) < 4.78 is 11.7. The highest BCUT2D eigenvalue weighted by atomic mass is 16.5. The Morgan fingerprint density at radius 1 is 1.42 bits per heavy atom. The highest BCUT2D eigenvalue weighted by Crippen LogP contribution is 2.48. The Morgan fingerprint density at radius 3 is 2.74 bits per heavy atom. The van der Waals surface area contributed by atoms with Crippen LogP contribution in [0, 0.1) is 0 Å². The molecule has 1 aliphatic rings. The molecule has 19 heavy (non-hydrogen) atoms. The van der Waals surface area contributed by atoms with Crippen molar-refractivity contribution in [1.82, 2.24) is 9.38 Å². The molecule has 1 fully saturated rings. The summed E-state index contributed by atoms with van der Waals surface area (Å²) in [5.74, 6) is -0.554. The molecule has 2 aromatic heterocycles. The first-order valence-electron chi connectivity index (χ1n) is 5.95. The van der Waals surface area contributed by atoms with Crippen molar-refractivity contribution in [2.24, 2.45) is 0 Å². The van der Waals surface area contributed by atoms with Gasteiger partial charge in [-0.15, -0.1) is 0 Å². The number of nitrogens with zero attached hydrogens (tertiary/aromatic N) is 2. The number of methoxy groups -OCH3 is 2. The Labute approximate surface area is 109 Å². The zero-order valence-corrected chi connectivity index (χ0v) is 10.7. The third-order valence-electron chi connectivity index (χ3n) is 3.51. The molecule has 1 aliphatic carbocycles. The molecule has 1 saturated carbocycles. The summed E-state index contributed by atoms with van der Waals surface area (Å²) in [6, 6.07) is 1.35. The SMILES string of the molecule is COC(=O)c1cc(O)c2nc(C3(OC)CC3)cn2c1. The molecule has 0 saturated heterocycles. The van der Waals surface area contributed by atoms with Gasteiger partial charge in [0.05, 0.1) is 18.4 Å². The second-order valence-corrected chi connectivity index (χ2v) is 4.66. The average Bonchev–Trinajstić information content (AvgIpc) is 3.10. The molecular formula is C13H14N2O4. The van der Waals surface area contributed by atoms with Gasteiger partial charge in [0.1, 0.15) is 5.60 Å². The number of rotatable bonds is 3. The van der Waals surface area contributed by atoms with Crippen LogP contribution >= 0.6 is 0 Å². The predicted molar refractivity (Wildman–Crippen MR) is 66.1 cm³/mol. The standard InChI is InChI=1S/C13H14N2O4/c1-18-12(17)8-5-9(16)11-14-10(7-15(11)6-8)13(19-2)3-4-13/h5-7,16H,3-4H2,1-2H3. The fraction of sp³-hybridized carbons (Fsp3) is 0.385. The number of aromatic hydroxyl groups is 1. The number of ether oxygens (including phenoxy) is 2. The van der Waals surface area contributed by atoms with Crippen LogP contribution in [0.2, 0.25) is 0 Å². The summed E-state index contributed by atoms with van der Waals surface area (Å²) in [7, 11) is 2.95. The molecule has 0 aliphatic heterocycles. The Morgan fingerprint density at radius 2 is 2.16 bits per heavy atom. The molecule has 6 heteroatoms. The van der Waals surface area contributed by atoms with E-state index in [9.17, 15) is 9.90 Å². The predicted octanol–water partition coefficient (Wildman–Crippen LogP) is 1.46. The Kier molecular flexibility index (Phi) is 2.50. The van der Waals surface area contributed by atoms with Gasteiger partial charge in [-0.25, -0.2) is 9.78 Å². The van der Waals surface area contributed by atoms with E-state index in [1.165, 1.54) is 13.2 Å². The van der Waals surface area contributed by atoms with E-state index in [4.69, 9.17) is 4.74 Å². The molecule has 2 heterocycles. The van der Waals surface area contributed by atoms with E-state index < -0.39 is 5.97 Å². The van der Waals surface area contributed by atoms with Gasteiger partial charge in [0.25, 0.3) is 0 Å². The van der Waals surface area contributed by atoms with Gasteiger partial charge < -0.3 is 19.0 Å². The maximum absolute atomic E-state index is 11.5. The van der Waals surface area contributed by atoms with Crippen LogP contribution in [0.15, 0.2) is 18.5 Å². The van der Waals surface area contributed by atoms with Crippen molar-refractivity contribution in [3.63, 3.8) is 0 Å². The van der Waals surface area contributed by atoms with Crippen molar-refractivity contribution in [3.8, 4) is 5.75 Å². The lowest BCUT2D eigenvalue weighted by atomic mass is 10.2. The van der Waals surface area contributed by atoms with Crippen molar-refractivity contribution < 1.29 is 19.4 Å². The van der Waals surface area contributed by atoms with Crippen molar-refractivity contribution >= 4 is 11.6 Å².